The normalized spacial score (nSPS) is 21.1. The van der Waals surface area contributed by atoms with Crippen LogP contribution in [0.4, 0.5) is 0 Å². The van der Waals surface area contributed by atoms with Crippen molar-refractivity contribution in [3.05, 3.63) is 53.1 Å². The molecule has 28 heavy (non-hydrogen) atoms. The van der Waals surface area contributed by atoms with E-state index in [9.17, 15) is 4.79 Å². The Labute approximate surface area is 167 Å². The van der Waals surface area contributed by atoms with Crippen molar-refractivity contribution in [2.24, 2.45) is 7.05 Å². The molecule has 0 saturated carbocycles. The molecule has 0 bridgehead atoms. The zero-order chi connectivity index (χ0) is 19.5. The van der Waals surface area contributed by atoms with Crippen LogP contribution in [0.3, 0.4) is 0 Å². The lowest BCUT2D eigenvalue weighted by molar-refractivity contribution is -0.123. The van der Waals surface area contributed by atoms with Crippen LogP contribution in [0.15, 0.2) is 30.6 Å². The first-order chi connectivity index (χ1) is 13.6. The van der Waals surface area contributed by atoms with Crippen LogP contribution in [0.5, 0.6) is 0 Å². The molecule has 2 aliphatic rings. The lowest BCUT2D eigenvalue weighted by Crippen LogP contribution is -2.50. The van der Waals surface area contributed by atoms with Gasteiger partial charge in [0.2, 0.25) is 5.91 Å². The van der Waals surface area contributed by atoms with E-state index in [4.69, 9.17) is 0 Å². The van der Waals surface area contributed by atoms with Gasteiger partial charge >= 0.3 is 0 Å². The predicted molar refractivity (Wildman–Crippen MR) is 110 cm³/mol. The molecule has 2 heterocycles. The Bertz CT molecular complexity index is 830. The fraction of sp³-hybridized carbons (Fsp3) is 0.545. The largest absolute Gasteiger partial charge is 0.348 e. The third-order valence-corrected chi connectivity index (χ3v) is 6.11. The number of hydrogen-bond donors (Lipinski definition) is 2. The van der Waals surface area contributed by atoms with Crippen LogP contribution in [0.2, 0.25) is 0 Å². The van der Waals surface area contributed by atoms with Gasteiger partial charge in [-0.05, 0) is 49.3 Å². The second-order valence-corrected chi connectivity index (χ2v) is 8.11. The van der Waals surface area contributed by atoms with Crippen molar-refractivity contribution in [1.82, 2.24) is 25.1 Å². The zero-order valence-electron chi connectivity index (χ0n) is 16.9. The Morgan fingerprint density at radius 2 is 2.14 bits per heavy atom. The van der Waals surface area contributed by atoms with Gasteiger partial charge in [0.1, 0.15) is 5.82 Å². The van der Waals surface area contributed by atoms with Crippen molar-refractivity contribution >= 4 is 5.91 Å². The van der Waals surface area contributed by atoms with Gasteiger partial charge in [0.25, 0.3) is 0 Å². The Balaban J connectivity index is 1.39. The summed E-state index contributed by atoms with van der Waals surface area (Å²) >= 11 is 0. The first-order valence-corrected chi connectivity index (χ1v) is 10.4. The highest BCUT2D eigenvalue weighted by molar-refractivity contribution is 5.78. The van der Waals surface area contributed by atoms with E-state index in [-0.39, 0.29) is 18.0 Å². The van der Waals surface area contributed by atoms with E-state index in [1.807, 2.05) is 24.0 Å². The second-order valence-electron chi connectivity index (χ2n) is 8.11. The molecular weight excluding hydrogens is 350 g/mol. The molecule has 6 heteroatoms. The molecule has 1 amide bonds. The third-order valence-electron chi connectivity index (χ3n) is 6.11. The SMILES string of the molecule is CC(NC(=O)CN1CCNCC1c1nccn1C)c1ccc2c(c1)CCCC2. The van der Waals surface area contributed by atoms with E-state index in [2.05, 4.69) is 45.6 Å². The first-order valence-electron chi connectivity index (χ1n) is 10.4. The Hall–Kier alpha value is -2.18. The number of amides is 1. The highest BCUT2D eigenvalue weighted by atomic mass is 16.2. The average Bonchev–Trinajstić information content (AvgIpc) is 3.13. The average molecular weight is 382 g/mol. The molecule has 0 spiro atoms. The number of aryl methyl sites for hydroxylation is 3. The van der Waals surface area contributed by atoms with Crippen molar-refractivity contribution in [2.75, 3.05) is 26.2 Å². The minimum absolute atomic E-state index is 0.0225. The van der Waals surface area contributed by atoms with Crippen LogP contribution >= 0.6 is 0 Å². The number of hydrogen-bond acceptors (Lipinski definition) is 4. The van der Waals surface area contributed by atoms with Gasteiger partial charge in [0.15, 0.2) is 0 Å². The molecule has 2 unspecified atom stereocenters. The molecule has 6 nitrogen and oxygen atoms in total. The summed E-state index contributed by atoms with van der Waals surface area (Å²) < 4.78 is 2.04. The number of imidazole rings is 1. The molecule has 0 radical (unpaired) electrons. The summed E-state index contributed by atoms with van der Waals surface area (Å²) in [5, 5.41) is 6.62. The number of carbonyl (C=O) groups is 1. The molecule has 2 atom stereocenters. The van der Waals surface area contributed by atoms with Crippen molar-refractivity contribution in [3.8, 4) is 0 Å². The highest BCUT2D eigenvalue weighted by Gasteiger charge is 2.28. The Morgan fingerprint density at radius 3 is 2.93 bits per heavy atom. The first kappa shape index (κ1) is 19.2. The number of piperazine rings is 1. The van der Waals surface area contributed by atoms with Gasteiger partial charge in [-0.1, -0.05) is 18.2 Å². The van der Waals surface area contributed by atoms with Crippen LogP contribution in [0.25, 0.3) is 0 Å². The predicted octanol–water partition coefficient (Wildman–Crippen LogP) is 2.12. The van der Waals surface area contributed by atoms with Crippen LogP contribution < -0.4 is 10.6 Å². The highest BCUT2D eigenvalue weighted by Crippen LogP contribution is 2.25. The molecule has 1 aliphatic heterocycles. The van der Waals surface area contributed by atoms with E-state index in [1.54, 1.807) is 0 Å². The molecule has 150 valence electrons. The third kappa shape index (κ3) is 4.13. The number of benzene rings is 1. The smallest absolute Gasteiger partial charge is 0.234 e. The van der Waals surface area contributed by atoms with Crippen molar-refractivity contribution < 1.29 is 4.79 Å². The van der Waals surface area contributed by atoms with Gasteiger partial charge in [0.05, 0.1) is 18.6 Å². The molecule has 1 aromatic carbocycles. The van der Waals surface area contributed by atoms with Gasteiger partial charge in [-0.15, -0.1) is 0 Å². The maximum absolute atomic E-state index is 12.8. The van der Waals surface area contributed by atoms with E-state index >= 15 is 0 Å². The van der Waals surface area contributed by atoms with Crippen molar-refractivity contribution in [2.45, 2.75) is 44.7 Å². The summed E-state index contributed by atoms with van der Waals surface area (Å²) in [5.74, 6) is 1.08. The summed E-state index contributed by atoms with van der Waals surface area (Å²) in [5.41, 5.74) is 4.14. The number of aromatic nitrogens is 2. The van der Waals surface area contributed by atoms with E-state index < -0.39 is 0 Å². The van der Waals surface area contributed by atoms with Gasteiger partial charge in [-0.3, -0.25) is 9.69 Å². The van der Waals surface area contributed by atoms with Gasteiger partial charge in [0, 0.05) is 39.1 Å². The van der Waals surface area contributed by atoms with Crippen LogP contribution in [-0.2, 0) is 24.7 Å². The van der Waals surface area contributed by atoms with Crippen molar-refractivity contribution in [1.29, 1.82) is 0 Å². The summed E-state index contributed by atoms with van der Waals surface area (Å²) in [7, 11) is 2.01. The lowest BCUT2D eigenvalue weighted by atomic mass is 9.89. The number of rotatable bonds is 5. The van der Waals surface area contributed by atoms with Crippen LogP contribution in [-0.4, -0.2) is 46.5 Å². The van der Waals surface area contributed by atoms with E-state index in [1.165, 1.54) is 36.0 Å². The van der Waals surface area contributed by atoms with Crippen molar-refractivity contribution in [3.63, 3.8) is 0 Å². The Kier molecular flexibility index (Phi) is 5.78. The molecule has 1 aliphatic carbocycles. The second kappa shape index (κ2) is 8.45. The minimum atomic E-state index is 0.0225. The van der Waals surface area contributed by atoms with Gasteiger partial charge in [-0.2, -0.15) is 0 Å². The fourth-order valence-electron chi connectivity index (χ4n) is 4.47. The molecule has 4 rings (SSSR count). The standard InChI is InChI=1S/C22H31N5O/c1-16(18-8-7-17-5-3-4-6-19(17)13-18)25-21(28)15-27-12-9-23-14-20(27)22-24-10-11-26(22)2/h7-8,10-11,13,16,20,23H,3-6,9,12,14-15H2,1-2H3,(H,25,28). The minimum Gasteiger partial charge on any atom is -0.348 e. The maximum Gasteiger partial charge on any atom is 0.234 e. The van der Waals surface area contributed by atoms with E-state index in [0.29, 0.717) is 6.54 Å². The van der Waals surface area contributed by atoms with Gasteiger partial charge < -0.3 is 15.2 Å². The lowest BCUT2D eigenvalue weighted by Gasteiger charge is -2.35. The number of nitrogens with zero attached hydrogens (tertiary/aromatic N) is 3. The molecule has 1 fully saturated rings. The number of carbonyl (C=O) groups excluding carboxylic acids is 1. The Morgan fingerprint density at radius 1 is 1.32 bits per heavy atom. The zero-order valence-corrected chi connectivity index (χ0v) is 16.9. The summed E-state index contributed by atoms with van der Waals surface area (Å²) in [6, 6.07) is 6.87. The molecule has 1 aromatic heterocycles. The topological polar surface area (TPSA) is 62.2 Å². The molecular formula is C22H31N5O. The summed E-state index contributed by atoms with van der Waals surface area (Å²) in [6.07, 6.45) is 8.69. The summed E-state index contributed by atoms with van der Waals surface area (Å²) in [6.45, 7) is 5.04. The number of fused-ring (bicyclic) bond motifs is 1. The molecule has 2 aromatic rings. The van der Waals surface area contributed by atoms with E-state index in [0.717, 1.165) is 31.9 Å². The monoisotopic (exact) mass is 381 g/mol. The maximum atomic E-state index is 12.8. The quantitative estimate of drug-likeness (QED) is 0.833. The van der Waals surface area contributed by atoms with Gasteiger partial charge in [-0.25, -0.2) is 4.98 Å². The van der Waals surface area contributed by atoms with Crippen LogP contribution in [0.1, 0.15) is 54.4 Å². The number of nitrogens with one attached hydrogen (secondary N) is 2. The molecule has 1 saturated heterocycles. The summed E-state index contributed by atoms with van der Waals surface area (Å²) in [4.78, 5) is 19.5. The molecule has 2 N–H and O–H groups in total. The van der Waals surface area contributed by atoms with Crippen LogP contribution in [0, 0.1) is 0 Å². The fourth-order valence-corrected chi connectivity index (χ4v) is 4.47.